The lowest BCUT2D eigenvalue weighted by Crippen LogP contribution is -2.45. The van der Waals surface area contributed by atoms with Crippen LogP contribution < -0.4 is 10.6 Å². The van der Waals surface area contributed by atoms with Gasteiger partial charge in [0.2, 0.25) is 5.89 Å². The molecule has 132 valence electrons. The van der Waals surface area contributed by atoms with Crippen molar-refractivity contribution in [3.05, 3.63) is 11.7 Å². The Hall–Kier alpha value is -0.900. The predicted octanol–water partition coefficient (Wildman–Crippen LogP) is 1.93. The average Bonchev–Trinajstić information content (AvgIpc) is 2.96. The fraction of sp³-hybridized carbons (Fsp3) is 0.800. The molecule has 0 bridgehead atoms. The van der Waals surface area contributed by atoms with Gasteiger partial charge in [0.1, 0.15) is 0 Å². The number of halogens is 1. The molecule has 23 heavy (non-hydrogen) atoms. The van der Waals surface area contributed by atoms with Gasteiger partial charge in [-0.05, 0) is 25.8 Å². The van der Waals surface area contributed by atoms with E-state index in [1.54, 1.807) is 14.0 Å². The van der Waals surface area contributed by atoms with Crippen molar-refractivity contribution in [2.24, 2.45) is 4.99 Å². The Bertz CT molecular complexity index is 478. The molecular formula is C15H29IN6O. The quantitative estimate of drug-likeness (QED) is 0.403. The molecule has 1 aliphatic heterocycles. The molecule has 1 atom stereocenters. The third-order valence-corrected chi connectivity index (χ3v) is 4.12. The number of piperidine rings is 1. The van der Waals surface area contributed by atoms with Crippen molar-refractivity contribution in [1.82, 2.24) is 25.7 Å². The summed E-state index contributed by atoms with van der Waals surface area (Å²) in [5.74, 6) is 1.99. The molecule has 1 saturated heterocycles. The summed E-state index contributed by atoms with van der Waals surface area (Å²) in [4.78, 5) is 11.0. The van der Waals surface area contributed by atoms with Gasteiger partial charge >= 0.3 is 0 Å². The third-order valence-electron chi connectivity index (χ3n) is 4.12. The molecule has 1 aliphatic rings. The van der Waals surface area contributed by atoms with Crippen LogP contribution in [-0.4, -0.2) is 53.7 Å². The van der Waals surface area contributed by atoms with E-state index < -0.39 is 0 Å². The van der Waals surface area contributed by atoms with Crippen molar-refractivity contribution >= 4 is 29.9 Å². The Kier molecular flexibility index (Phi) is 9.46. The molecule has 1 aromatic rings. The monoisotopic (exact) mass is 436 g/mol. The lowest BCUT2D eigenvalue weighted by atomic mass is 10.0. The minimum absolute atomic E-state index is 0. The van der Waals surface area contributed by atoms with E-state index in [1.807, 2.05) is 0 Å². The smallest absolute Gasteiger partial charge is 0.223 e. The Labute approximate surface area is 155 Å². The van der Waals surface area contributed by atoms with Crippen molar-refractivity contribution in [3.63, 3.8) is 0 Å². The first-order valence-corrected chi connectivity index (χ1v) is 8.20. The lowest BCUT2D eigenvalue weighted by Gasteiger charge is -2.35. The van der Waals surface area contributed by atoms with Gasteiger partial charge in [-0.25, -0.2) is 0 Å². The molecule has 0 aliphatic carbocycles. The largest absolute Gasteiger partial charge is 0.355 e. The molecule has 1 unspecified atom stereocenters. The Balaban J connectivity index is 0.00000264. The molecule has 0 aromatic carbocycles. The summed E-state index contributed by atoms with van der Waals surface area (Å²) in [5, 5.41) is 10.4. The molecule has 2 rings (SSSR count). The summed E-state index contributed by atoms with van der Waals surface area (Å²) >= 11 is 0. The van der Waals surface area contributed by atoms with Gasteiger partial charge in [-0.1, -0.05) is 18.5 Å². The summed E-state index contributed by atoms with van der Waals surface area (Å²) in [5.41, 5.74) is 0. The number of likely N-dealkylation sites (tertiary alicyclic amines) is 1. The first kappa shape index (κ1) is 20.1. The maximum absolute atomic E-state index is 4.95. The summed E-state index contributed by atoms with van der Waals surface area (Å²) in [6, 6.07) is 0.743. The minimum Gasteiger partial charge on any atom is -0.355 e. The second-order valence-electron chi connectivity index (χ2n) is 5.68. The average molecular weight is 436 g/mol. The molecule has 0 amide bonds. The van der Waals surface area contributed by atoms with Crippen LogP contribution in [-0.2, 0) is 6.54 Å². The van der Waals surface area contributed by atoms with Gasteiger partial charge in [-0.15, -0.1) is 24.0 Å². The summed E-state index contributed by atoms with van der Waals surface area (Å²) in [6.07, 6.45) is 5.27. The lowest BCUT2D eigenvalue weighted by molar-refractivity contribution is 0.147. The number of aromatic nitrogens is 2. The Morgan fingerprint density at radius 1 is 1.39 bits per heavy atom. The number of aryl methyl sites for hydroxylation is 1. The van der Waals surface area contributed by atoms with Crippen LogP contribution in [0.25, 0.3) is 0 Å². The van der Waals surface area contributed by atoms with Gasteiger partial charge in [0.25, 0.3) is 0 Å². The van der Waals surface area contributed by atoms with Gasteiger partial charge in [-0.2, -0.15) is 4.98 Å². The van der Waals surface area contributed by atoms with E-state index in [4.69, 9.17) is 4.52 Å². The highest BCUT2D eigenvalue weighted by Crippen LogP contribution is 2.18. The maximum Gasteiger partial charge on any atom is 0.223 e. The second kappa shape index (κ2) is 10.8. The molecule has 1 aromatic heterocycles. The summed E-state index contributed by atoms with van der Waals surface area (Å²) in [7, 11) is 1.77. The van der Waals surface area contributed by atoms with Crippen molar-refractivity contribution in [2.75, 3.05) is 26.7 Å². The highest BCUT2D eigenvalue weighted by molar-refractivity contribution is 14.0. The van der Waals surface area contributed by atoms with E-state index in [0.717, 1.165) is 25.1 Å². The topological polar surface area (TPSA) is 78.6 Å². The van der Waals surface area contributed by atoms with E-state index in [2.05, 4.69) is 37.6 Å². The zero-order chi connectivity index (χ0) is 15.8. The van der Waals surface area contributed by atoms with Crippen LogP contribution in [0.5, 0.6) is 0 Å². The third kappa shape index (κ3) is 6.62. The van der Waals surface area contributed by atoms with Crippen LogP contribution in [0.4, 0.5) is 0 Å². The van der Waals surface area contributed by atoms with E-state index in [0.29, 0.717) is 18.3 Å². The van der Waals surface area contributed by atoms with Crippen LogP contribution in [0.15, 0.2) is 9.52 Å². The first-order chi connectivity index (χ1) is 10.7. The molecule has 8 heteroatoms. The molecular weight excluding hydrogens is 407 g/mol. The Morgan fingerprint density at radius 2 is 2.22 bits per heavy atom. The van der Waals surface area contributed by atoms with Crippen molar-refractivity contribution in [2.45, 2.75) is 52.1 Å². The van der Waals surface area contributed by atoms with Crippen LogP contribution in [0.1, 0.15) is 44.3 Å². The zero-order valence-corrected chi connectivity index (χ0v) is 16.7. The molecule has 2 heterocycles. The molecule has 0 spiro atoms. The highest BCUT2D eigenvalue weighted by Gasteiger charge is 2.19. The van der Waals surface area contributed by atoms with Crippen molar-refractivity contribution in [3.8, 4) is 0 Å². The molecule has 2 N–H and O–H groups in total. The number of hydrogen-bond donors (Lipinski definition) is 2. The van der Waals surface area contributed by atoms with E-state index in [-0.39, 0.29) is 24.0 Å². The minimum atomic E-state index is 0. The maximum atomic E-state index is 4.95. The Morgan fingerprint density at radius 3 is 2.87 bits per heavy atom. The van der Waals surface area contributed by atoms with Crippen molar-refractivity contribution in [1.29, 1.82) is 0 Å². The SMILES string of the molecule is CCC1CCCCN1CCNC(=NC)NCc1noc(C)n1.I. The fourth-order valence-electron chi connectivity index (χ4n) is 2.93. The van der Waals surface area contributed by atoms with Crippen LogP contribution in [0, 0.1) is 6.92 Å². The van der Waals surface area contributed by atoms with Crippen LogP contribution in [0.3, 0.4) is 0 Å². The number of rotatable bonds is 6. The second-order valence-corrected chi connectivity index (χ2v) is 5.68. The van der Waals surface area contributed by atoms with Crippen molar-refractivity contribution < 1.29 is 4.52 Å². The predicted molar refractivity (Wildman–Crippen MR) is 102 cm³/mol. The molecule has 0 radical (unpaired) electrons. The van der Waals surface area contributed by atoms with Gasteiger partial charge < -0.3 is 15.2 Å². The standard InChI is InChI=1S/C15H28N6O.HI/c1-4-13-7-5-6-9-21(13)10-8-17-15(16-3)18-11-14-19-12(2)22-20-14;/h13H,4-11H2,1-3H3,(H2,16,17,18);1H. The van der Waals surface area contributed by atoms with Gasteiger partial charge in [0, 0.05) is 33.1 Å². The summed E-state index contributed by atoms with van der Waals surface area (Å²) in [6.45, 7) is 7.74. The van der Waals surface area contributed by atoms with Crippen LogP contribution in [0.2, 0.25) is 0 Å². The molecule has 1 fully saturated rings. The first-order valence-electron chi connectivity index (χ1n) is 8.20. The number of guanidine groups is 1. The number of nitrogens with zero attached hydrogens (tertiary/aromatic N) is 4. The van der Waals surface area contributed by atoms with Crippen LogP contribution >= 0.6 is 24.0 Å². The fourth-order valence-corrected chi connectivity index (χ4v) is 2.93. The van der Waals surface area contributed by atoms with E-state index in [1.165, 1.54) is 32.2 Å². The number of nitrogens with one attached hydrogen (secondary N) is 2. The molecule has 7 nitrogen and oxygen atoms in total. The van der Waals surface area contributed by atoms with Gasteiger partial charge in [0.15, 0.2) is 11.8 Å². The van der Waals surface area contributed by atoms with E-state index >= 15 is 0 Å². The van der Waals surface area contributed by atoms with Gasteiger partial charge in [0.05, 0.1) is 6.54 Å². The molecule has 0 saturated carbocycles. The highest BCUT2D eigenvalue weighted by atomic mass is 127. The number of hydrogen-bond acceptors (Lipinski definition) is 5. The van der Waals surface area contributed by atoms with Gasteiger partial charge in [-0.3, -0.25) is 9.89 Å². The number of aliphatic imine (C=N–C) groups is 1. The normalized spacial score (nSPS) is 19.3. The van der Waals surface area contributed by atoms with E-state index in [9.17, 15) is 0 Å². The zero-order valence-electron chi connectivity index (χ0n) is 14.3. The summed E-state index contributed by atoms with van der Waals surface area (Å²) < 4.78 is 4.95.